The quantitative estimate of drug-likeness (QED) is 0.563. The first-order chi connectivity index (χ1) is 8.92. The lowest BCUT2D eigenvalue weighted by molar-refractivity contribution is -0.140. The van der Waals surface area contributed by atoms with Gasteiger partial charge in [0.05, 0.1) is 6.61 Å². The van der Waals surface area contributed by atoms with Crippen LogP contribution in [0.5, 0.6) is 0 Å². The number of hydrogen-bond donors (Lipinski definition) is 2. The van der Waals surface area contributed by atoms with Gasteiger partial charge in [-0.3, -0.25) is 9.59 Å². The molecule has 1 atom stereocenters. The van der Waals surface area contributed by atoms with E-state index >= 15 is 0 Å². The highest BCUT2D eigenvalue weighted by Gasteiger charge is 2.37. The number of nitrogens with one attached hydrogen (secondary N) is 2. The standard InChI is InChI=1S/C10H19N3O5S/c1-3-18-9(14)7-19(16,17)13-5-4-12-6-8(13)10(15)11-2/h8,12H,3-7H2,1-2H3,(H,11,15). The molecule has 110 valence electrons. The smallest absolute Gasteiger partial charge is 0.322 e. The van der Waals surface area contributed by atoms with Crippen LogP contribution in [0, 0.1) is 0 Å². The molecule has 1 rings (SSSR count). The lowest BCUT2D eigenvalue weighted by atomic mass is 10.2. The van der Waals surface area contributed by atoms with E-state index in [0.717, 1.165) is 4.31 Å². The molecule has 0 bridgehead atoms. The molecular formula is C10H19N3O5S. The average Bonchev–Trinajstić information content (AvgIpc) is 2.37. The third-order valence-electron chi connectivity index (χ3n) is 2.71. The van der Waals surface area contributed by atoms with E-state index in [2.05, 4.69) is 15.4 Å². The molecule has 1 unspecified atom stereocenters. The van der Waals surface area contributed by atoms with Gasteiger partial charge < -0.3 is 15.4 Å². The summed E-state index contributed by atoms with van der Waals surface area (Å²) in [5, 5.41) is 5.36. The molecule has 1 saturated heterocycles. The van der Waals surface area contributed by atoms with Crippen LogP contribution < -0.4 is 10.6 Å². The van der Waals surface area contributed by atoms with Crippen LogP contribution in [0.4, 0.5) is 0 Å². The minimum Gasteiger partial charge on any atom is -0.465 e. The van der Waals surface area contributed by atoms with Gasteiger partial charge in [-0.25, -0.2) is 8.42 Å². The molecule has 0 aliphatic carbocycles. The summed E-state index contributed by atoms with van der Waals surface area (Å²) in [5.74, 6) is -1.95. The molecule has 8 nitrogen and oxygen atoms in total. The van der Waals surface area contributed by atoms with E-state index in [1.165, 1.54) is 7.05 Å². The molecule has 1 fully saturated rings. The molecule has 0 saturated carbocycles. The predicted molar refractivity (Wildman–Crippen MR) is 67.9 cm³/mol. The number of carbonyl (C=O) groups is 2. The van der Waals surface area contributed by atoms with Gasteiger partial charge in [0, 0.05) is 26.7 Å². The van der Waals surface area contributed by atoms with Crippen molar-refractivity contribution >= 4 is 21.9 Å². The Labute approximate surface area is 112 Å². The summed E-state index contributed by atoms with van der Waals surface area (Å²) in [7, 11) is -2.41. The van der Waals surface area contributed by atoms with Crippen LogP contribution in [0.1, 0.15) is 6.92 Å². The van der Waals surface area contributed by atoms with Crippen molar-refractivity contribution in [3.63, 3.8) is 0 Å². The summed E-state index contributed by atoms with van der Waals surface area (Å²) >= 11 is 0. The van der Waals surface area contributed by atoms with Crippen LogP contribution in [0.2, 0.25) is 0 Å². The first-order valence-corrected chi connectivity index (χ1v) is 7.60. The Bertz CT molecular complexity index is 436. The fraction of sp³-hybridized carbons (Fsp3) is 0.800. The number of carbonyl (C=O) groups excluding carboxylic acids is 2. The molecule has 1 aliphatic heterocycles. The molecule has 19 heavy (non-hydrogen) atoms. The molecule has 0 radical (unpaired) electrons. The summed E-state index contributed by atoms with van der Waals surface area (Å²) < 4.78 is 29.9. The summed E-state index contributed by atoms with van der Waals surface area (Å²) in [5.41, 5.74) is 0. The van der Waals surface area contributed by atoms with Gasteiger partial charge in [0.25, 0.3) is 0 Å². The highest BCUT2D eigenvalue weighted by Crippen LogP contribution is 2.11. The van der Waals surface area contributed by atoms with E-state index in [0.29, 0.717) is 6.54 Å². The lowest BCUT2D eigenvalue weighted by Gasteiger charge is -2.33. The second-order valence-corrected chi connectivity index (χ2v) is 5.93. The minimum absolute atomic E-state index is 0.120. The molecule has 1 amide bonds. The van der Waals surface area contributed by atoms with Gasteiger partial charge in [0.15, 0.2) is 5.75 Å². The van der Waals surface area contributed by atoms with Crippen molar-refractivity contribution in [1.29, 1.82) is 0 Å². The zero-order chi connectivity index (χ0) is 14.5. The van der Waals surface area contributed by atoms with Crippen molar-refractivity contribution in [2.24, 2.45) is 0 Å². The first-order valence-electron chi connectivity index (χ1n) is 5.99. The van der Waals surface area contributed by atoms with Crippen molar-refractivity contribution < 1.29 is 22.7 Å². The number of esters is 1. The van der Waals surface area contributed by atoms with Gasteiger partial charge >= 0.3 is 5.97 Å². The van der Waals surface area contributed by atoms with Crippen LogP contribution in [0.15, 0.2) is 0 Å². The van der Waals surface area contributed by atoms with Gasteiger partial charge in [0.2, 0.25) is 15.9 Å². The number of ether oxygens (including phenoxy) is 1. The van der Waals surface area contributed by atoms with E-state index in [1.54, 1.807) is 6.92 Å². The van der Waals surface area contributed by atoms with Gasteiger partial charge in [0.1, 0.15) is 6.04 Å². The normalized spacial score (nSPS) is 20.8. The monoisotopic (exact) mass is 293 g/mol. The molecule has 1 aliphatic rings. The van der Waals surface area contributed by atoms with Crippen LogP contribution in [-0.4, -0.2) is 69.7 Å². The Morgan fingerprint density at radius 2 is 2.16 bits per heavy atom. The Hall–Kier alpha value is -1.19. The number of amides is 1. The van der Waals surface area contributed by atoms with E-state index in [9.17, 15) is 18.0 Å². The molecular weight excluding hydrogens is 274 g/mol. The molecule has 2 N–H and O–H groups in total. The van der Waals surface area contributed by atoms with Gasteiger partial charge in [-0.05, 0) is 6.92 Å². The molecule has 0 aromatic heterocycles. The topological polar surface area (TPSA) is 105 Å². The summed E-state index contributed by atoms with van der Waals surface area (Å²) in [6.45, 7) is 2.54. The highest BCUT2D eigenvalue weighted by molar-refractivity contribution is 7.89. The summed E-state index contributed by atoms with van der Waals surface area (Å²) in [4.78, 5) is 23.0. The SMILES string of the molecule is CCOC(=O)CS(=O)(=O)N1CCNCC1C(=O)NC. The van der Waals surface area contributed by atoms with Crippen LogP contribution >= 0.6 is 0 Å². The maximum atomic E-state index is 12.1. The van der Waals surface area contributed by atoms with Crippen LogP contribution in [0.25, 0.3) is 0 Å². The van der Waals surface area contributed by atoms with Gasteiger partial charge in [-0.2, -0.15) is 4.31 Å². The number of sulfonamides is 1. The van der Waals surface area contributed by atoms with Crippen LogP contribution in [-0.2, 0) is 24.3 Å². The zero-order valence-corrected chi connectivity index (χ0v) is 11.8. The molecule has 0 aromatic rings. The van der Waals surface area contributed by atoms with E-state index in [-0.39, 0.29) is 19.7 Å². The summed E-state index contributed by atoms with van der Waals surface area (Å²) in [6.07, 6.45) is 0. The second-order valence-electron chi connectivity index (χ2n) is 4.01. The van der Waals surface area contributed by atoms with E-state index < -0.39 is 33.7 Å². The van der Waals surface area contributed by atoms with E-state index in [4.69, 9.17) is 0 Å². The summed E-state index contributed by atoms with van der Waals surface area (Å²) in [6, 6.07) is -0.835. The molecule has 9 heteroatoms. The van der Waals surface area contributed by atoms with E-state index in [1.807, 2.05) is 0 Å². The minimum atomic E-state index is -3.85. The number of rotatable bonds is 5. The third-order valence-corrected chi connectivity index (χ3v) is 4.46. The lowest BCUT2D eigenvalue weighted by Crippen LogP contribution is -2.59. The Kier molecular flexibility index (Phi) is 5.70. The number of hydrogen-bond acceptors (Lipinski definition) is 6. The van der Waals surface area contributed by atoms with Crippen molar-refractivity contribution in [2.75, 3.05) is 39.0 Å². The van der Waals surface area contributed by atoms with Crippen LogP contribution in [0.3, 0.4) is 0 Å². The number of nitrogens with zero attached hydrogens (tertiary/aromatic N) is 1. The first kappa shape index (κ1) is 15.9. The van der Waals surface area contributed by atoms with Crippen molar-refractivity contribution in [3.05, 3.63) is 0 Å². The largest absolute Gasteiger partial charge is 0.465 e. The molecule has 0 aromatic carbocycles. The number of piperazine rings is 1. The van der Waals surface area contributed by atoms with Gasteiger partial charge in [-0.1, -0.05) is 0 Å². The van der Waals surface area contributed by atoms with Crippen molar-refractivity contribution in [2.45, 2.75) is 13.0 Å². The van der Waals surface area contributed by atoms with Gasteiger partial charge in [-0.15, -0.1) is 0 Å². The Morgan fingerprint density at radius 1 is 1.47 bits per heavy atom. The maximum absolute atomic E-state index is 12.1. The fourth-order valence-corrected chi connectivity index (χ4v) is 3.32. The Balaban J connectivity index is 2.84. The maximum Gasteiger partial charge on any atom is 0.322 e. The zero-order valence-electron chi connectivity index (χ0n) is 11.0. The molecule has 1 heterocycles. The second kappa shape index (κ2) is 6.83. The highest BCUT2D eigenvalue weighted by atomic mass is 32.2. The average molecular weight is 293 g/mol. The van der Waals surface area contributed by atoms with Crippen molar-refractivity contribution in [1.82, 2.24) is 14.9 Å². The molecule has 0 spiro atoms. The fourth-order valence-electron chi connectivity index (χ4n) is 1.84. The third kappa shape index (κ3) is 4.15. The Morgan fingerprint density at radius 3 is 2.74 bits per heavy atom. The predicted octanol–water partition coefficient (Wildman–Crippen LogP) is -2.10. The van der Waals surface area contributed by atoms with Crippen molar-refractivity contribution in [3.8, 4) is 0 Å². The number of likely N-dealkylation sites (N-methyl/N-ethyl adjacent to an activating group) is 1.